The van der Waals surface area contributed by atoms with Gasteiger partial charge in [-0.2, -0.15) is 0 Å². The minimum Gasteiger partial charge on any atom is -0.314 e. The molecule has 0 heterocycles. The molecule has 1 aliphatic rings. The molecule has 0 aliphatic heterocycles. The van der Waals surface area contributed by atoms with Gasteiger partial charge in [0.25, 0.3) is 0 Å². The van der Waals surface area contributed by atoms with Gasteiger partial charge in [-0.05, 0) is 50.4 Å². The van der Waals surface area contributed by atoms with Crippen LogP contribution in [0.3, 0.4) is 0 Å². The SMILES string of the molecule is CCNC1CCCC(S(=O)(=O)c2cccc(C)c2)C1. The van der Waals surface area contributed by atoms with Gasteiger partial charge < -0.3 is 5.32 Å². The van der Waals surface area contributed by atoms with E-state index in [9.17, 15) is 8.42 Å². The monoisotopic (exact) mass is 281 g/mol. The highest BCUT2D eigenvalue weighted by Gasteiger charge is 2.32. The first-order chi connectivity index (χ1) is 9.04. The minimum atomic E-state index is -3.18. The second-order valence-electron chi connectivity index (χ2n) is 5.40. The molecule has 3 nitrogen and oxygen atoms in total. The van der Waals surface area contributed by atoms with Crippen LogP contribution in [0.5, 0.6) is 0 Å². The number of aryl methyl sites for hydroxylation is 1. The Labute approximate surface area is 116 Å². The Kier molecular flexibility index (Phi) is 4.63. The Balaban J connectivity index is 2.19. The second-order valence-corrected chi connectivity index (χ2v) is 7.63. The van der Waals surface area contributed by atoms with Crippen molar-refractivity contribution < 1.29 is 8.42 Å². The lowest BCUT2D eigenvalue weighted by Gasteiger charge is -2.29. The molecule has 4 heteroatoms. The largest absolute Gasteiger partial charge is 0.314 e. The highest BCUT2D eigenvalue weighted by molar-refractivity contribution is 7.92. The van der Waals surface area contributed by atoms with Crippen molar-refractivity contribution in [2.24, 2.45) is 0 Å². The van der Waals surface area contributed by atoms with Crippen LogP contribution in [0, 0.1) is 6.92 Å². The zero-order chi connectivity index (χ0) is 13.9. The molecular weight excluding hydrogens is 258 g/mol. The summed E-state index contributed by atoms with van der Waals surface area (Å²) >= 11 is 0. The van der Waals surface area contributed by atoms with Gasteiger partial charge in [-0.1, -0.05) is 25.5 Å². The molecular formula is C15H23NO2S. The zero-order valence-corrected chi connectivity index (χ0v) is 12.5. The second kappa shape index (κ2) is 6.06. The Hall–Kier alpha value is -0.870. The predicted octanol–water partition coefficient (Wildman–Crippen LogP) is 2.69. The summed E-state index contributed by atoms with van der Waals surface area (Å²) in [6.45, 7) is 4.90. The number of rotatable bonds is 4. The van der Waals surface area contributed by atoms with Crippen LogP contribution in [0.25, 0.3) is 0 Å². The summed E-state index contributed by atoms with van der Waals surface area (Å²) in [5.41, 5.74) is 1.00. The molecule has 0 radical (unpaired) electrons. The van der Waals surface area contributed by atoms with Crippen molar-refractivity contribution in [3.63, 3.8) is 0 Å². The predicted molar refractivity (Wildman–Crippen MR) is 78.1 cm³/mol. The average molecular weight is 281 g/mol. The Morgan fingerprint density at radius 2 is 2.11 bits per heavy atom. The van der Waals surface area contributed by atoms with Crippen LogP contribution in [0.1, 0.15) is 38.2 Å². The van der Waals surface area contributed by atoms with E-state index in [0.29, 0.717) is 10.9 Å². The normalized spacial score (nSPS) is 24.3. The summed E-state index contributed by atoms with van der Waals surface area (Å²) in [5.74, 6) is 0. The molecule has 0 spiro atoms. The average Bonchev–Trinajstić information content (AvgIpc) is 2.39. The van der Waals surface area contributed by atoms with E-state index in [-0.39, 0.29) is 5.25 Å². The summed E-state index contributed by atoms with van der Waals surface area (Å²) in [7, 11) is -3.18. The first-order valence-electron chi connectivity index (χ1n) is 7.08. The molecule has 1 fully saturated rings. The number of nitrogens with one attached hydrogen (secondary N) is 1. The molecule has 1 aromatic rings. The zero-order valence-electron chi connectivity index (χ0n) is 11.7. The fourth-order valence-electron chi connectivity index (χ4n) is 2.89. The number of hydrogen-bond donors (Lipinski definition) is 1. The topological polar surface area (TPSA) is 46.2 Å². The van der Waals surface area contributed by atoms with Crippen LogP contribution in [-0.2, 0) is 9.84 Å². The molecule has 0 amide bonds. The van der Waals surface area contributed by atoms with E-state index in [2.05, 4.69) is 12.2 Å². The lowest BCUT2D eigenvalue weighted by molar-refractivity contribution is 0.377. The first-order valence-corrected chi connectivity index (χ1v) is 8.62. The van der Waals surface area contributed by atoms with Gasteiger partial charge in [-0.25, -0.2) is 8.42 Å². The summed E-state index contributed by atoms with van der Waals surface area (Å²) < 4.78 is 25.3. The van der Waals surface area contributed by atoms with Gasteiger partial charge in [0.1, 0.15) is 0 Å². The molecule has 106 valence electrons. The van der Waals surface area contributed by atoms with E-state index >= 15 is 0 Å². The molecule has 0 aromatic heterocycles. The molecule has 2 unspecified atom stereocenters. The van der Waals surface area contributed by atoms with Gasteiger partial charge in [0, 0.05) is 6.04 Å². The van der Waals surface area contributed by atoms with Crippen molar-refractivity contribution >= 4 is 9.84 Å². The lowest BCUT2D eigenvalue weighted by atomic mass is 9.95. The van der Waals surface area contributed by atoms with Gasteiger partial charge in [-0.15, -0.1) is 0 Å². The van der Waals surface area contributed by atoms with Crippen LogP contribution in [-0.4, -0.2) is 26.3 Å². The molecule has 2 atom stereocenters. The third kappa shape index (κ3) is 3.37. The van der Waals surface area contributed by atoms with E-state index in [0.717, 1.165) is 37.8 Å². The van der Waals surface area contributed by atoms with E-state index in [4.69, 9.17) is 0 Å². The van der Waals surface area contributed by atoms with E-state index < -0.39 is 9.84 Å². The molecule has 0 bridgehead atoms. The Bertz CT molecular complexity index is 523. The van der Waals surface area contributed by atoms with Gasteiger partial charge in [-0.3, -0.25) is 0 Å². The molecule has 1 saturated carbocycles. The molecule has 2 rings (SSSR count). The van der Waals surface area contributed by atoms with Gasteiger partial charge in [0.2, 0.25) is 0 Å². The van der Waals surface area contributed by atoms with E-state index in [1.807, 2.05) is 19.1 Å². The van der Waals surface area contributed by atoms with E-state index in [1.54, 1.807) is 12.1 Å². The maximum atomic E-state index is 12.7. The first kappa shape index (κ1) is 14.5. The molecule has 0 saturated heterocycles. The fraction of sp³-hybridized carbons (Fsp3) is 0.600. The minimum absolute atomic E-state index is 0.230. The standard InChI is InChI=1S/C15H23NO2S/c1-3-16-13-7-5-9-15(11-13)19(17,18)14-8-4-6-12(2)10-14/h4,6,8,10,13,15-16H,3,5,7,9,11H2,1-2H3. The van der Waals surface area contributed by atoms with Crippen molar-refractivity contribution in [3.8, 4) is 0 Å². The van der Waals surface area contributed by atoms with Crippen LogP contribution in [0.4, 0.5) is 0 Å². The highest BCUT2D eigenvalue weighted by atomic mass is 32.2. The number of sulfone groups is 1. The van der Waals surface area contributed by atoms with Crippen LogP contribution < -0.4 is 5.32 Å². The number of hydrogen-bond acceptors (Lipinski definition) is 3. The molecule has 19 heavy (non-hydrogen) atoms. The maximum Gasteiger partial charge on any atom is 0.181 e. The van der Waals surface area contributed by atoms with Crippen molar-refractivity contribution in [2.45, 2.75) is 55.7 Å². The quantitative estimate of drug-likeness (QED) is 0.923. The van der Waals surface area contributed by atoms with Crippen molar-refractivity contribution in [1.29, 1.82) is 0 Å². The molecule has 1 aliphatic carbocycles. The lowest BCUT2D eigenvalue weighted by Crippen LogP contribution is -2.38. The van der Waals surface area contributed by atoms with Crippen LogP contribution >= 0.6 is 0 Å². The highest BCUT2D eigenvalue weighted by Crippen LogP contribution is 2.29. The van der Waals surface area contributed by atoms with Crippen LogP contribution in [0.2, 0.25) is 0 Å². The molecule has 1 N–H and O–H groups in total. The van der Waals surface area contributed by atoms with Crippen molar-refractivity contribution in [1.82, 2.24) is 5.32 Å². The van der Waals surface area contributed by atoms with Crippen LogP contribution in [0.15, 0.2) is 29.2 Å². The van der Waals surface area contributed by atoms with E-state index in [1.165, 1.54) is 0 Å². The smallest absolute Gasteiger partial charge is 0.181 e. The summed E-state index contributed by atoms with van der Waals surface area (Å²) in [6.07, 6.45) is 3.61. The third-order valence-corrected chi connectivity index (χ3v) is 6.09. The molecule has 1 aromatic carbocycles. The summed E-state index contributed by atoms with van der Waals surface area (Å²) in [4.78, 5) is 0.481. The Morgan fingerprint density at radius 3 is 2.79 bits per heavy atom. The number of benzene rings is 1. The van der Waals surface area contributed by atoms with Gasteiger partial charge >= 0.3 is 0 Å². The third-order valence-electron chi connectivity index (χ3n) is 3.88. The van der Waals surface area contributed by atoms with Gasteiger partial charge in [0.05, 0.1) is 10.1 Å². The summed E-state index contributed by atoms with van der Waals surface area (Å²) in [5, 5.41) is 3.16. The van der Waals surface area contributed by atoms with Crippen molar-refractivity contribution in [2.75, 3.05) is 6.54 Å². The van der Waals surface area contributed by atoms with Gasteiger partial charge in [0.15, 0.2) is 9.84 Å². The summed E-state index contributed by atoms with van der Waals surface area (Å²) in [6, 6.07) is 7.61. The van der Waals surface area contributed by atoms with Crippen molar-refractivity contribution in [3.05, 3.63) is 29.8 Å². The Morgan fingerprint density at radius 1 is 1.32 bits per heavy atom. The fourth-order valence-corrected chi connectivity index (χ4v) is 4.85. The maximum absolute atomic E-state index is 12.7.